The zero-order valence-electron chi connectivity index (χ0n) is 12.8. The second-order valence-corrected chi connectivity index (χ2v) is 7.93. The fraction of sp³-hybridized carbons (Fsp3) is 0.188. The molecule has 2 N–H and O–H groups in total. The van der Waals surface area contributed by atoms with Crippen LogP contribution >= 0.6 is 15.9 Å². The molecule has 0 aliphatic rings. The highest BCUT2D eigenvalue weighted by Gasteiger charge is 2.12. The van der Waals surface area contributed by atoms with Gasteiger partial charge in [-0.05, 0) is 36.4 Å². The number of hydrogen-bond donors (Lipinski definition) is 2. The van der Waals surface area contributed by atoms with Crippen LogP contribution in [0.3, 0.4) is 0 Å². The van der Waals surface area contributed by atoms with Gasteiger partial charge in [0.2, 0.25) is 10.0 Å². The average molecular weight is 415 g/mol. The lowest BCUT2D eigenvalue weighted by Gasteiger charge is -2.08. The molecule has 0 saturated carbocycles. The molecule has 0 saturated heterocycles. The van der Waals surface area contributed by atoms with Gasteiger partial charge in [-0.25, -0.2) is 17.5 Å². The van der Waals surface area contributed by atoms with Crippen LogP contribution in [-0.2, 0) is 22.3 Å². The first kappa shape index (κ1) is 18.6. The van der Waals surface area contributed by atoms with Gasteiger partial charge < -0.3 is 5.32 Å². The maximum absolute atomic E-state index is 13.6. The normalized spacial score (nSPS) is 11.3. The minimum atomic E-state index is -3.32. The first-order valence-corrected chi connectivity index (χ1v) is 9.47. The van der Waals surface area contributed by atoms with E-state index in [0.717, 1.165) is 5.56 Å². The van der Waals surface area contributed by atoms with Gasteiger partial charge in [0.1, 0.15) is 5.82 Å². The molecule has 0 heterocycles. The van der Waals surface area contributed by atoms with Crippen LogP contribution in [0, 0.1) is 5.82 Å². The van der Waals surface area contributed by atoms with E-state index in [4.69, 9.17) is 0 Å². The zero-order valence-corrected chi connectivity index (χ0v) is 15.2. The predicted octanol–water partition coefficient (Wildman–Crippen LogP) is 2.57. The first-order valence-electron chi connectivity index (χ1n) is 7.03. The lowest BCUT2D eigenvalue weighted by Crippen LogP contribution is -2.24. The van der Waals surface area contributed by atoms with E-state index in [2.05, 4.69) is 26.0 Å². The van der Waals surface area contributed by atoms with Gasteiger partial charge in [0, 0.05) is 11.0 Å². The van der Waals surface area contributed by atoms with Crippen molar-refractivity contribution < 1.29 is 17.6 Å². The van der Waals surface area contributed by atoms with Gasteiger partial charge in [-0.3, -0.25) is 4.79 Å². The van der Waals surface area contributed by atoms with Gasteiger partial charge in [0.05, 0.1) is 11.3 Å². The SMILES string of the molecule is CNS(=O)(=O)Cc1ccc(CNC(=O)c2cc(Br)ccc2F)cc1. The van der Waals surface area contributed by atoms with Gasteiger partial charge in [-0.1, -0.05) is 40.2 Å². The van der Waals surface area contributed by atoms with Crippen LogP contribution in [0.1, 0.15) is 21.5 Å². The number of amides is 1. The zero-order chi connectivity index (χ0) is 17.7. The molecule has 128 valence electrons. The number of rotatable bonds is 6. The summed E-state index contributed by atoms with van der Waals surface area (Å²) < 4.78 is 39.5. The monoisotopic (exact) mass is 414 g/mol. The molecular weight excluding hydrogens is 399 g/mol. The Bertz CT molecular complexity index is 839. The topological polar surface area (TPSA) is 75.3 Å². The van der Waals surface area contributed by atoms with Crippen LogP contribution in [0.25, 0.3) is 0 Å². The fourth-order valence-electron chi connectivity index (χ4n) is 1.99. The Morgan fingerprint density at radius 1 is 1.12 bits per heavy atom. The van der Waals surface area contributed by atoms with Crippen LogP contribution in [0.5, 0.6) is 0 Å². The average Bonchev–Trinajstić information content (AvgIpc) is 2.56. The molecule has 5 nitrogen and oxygen atoms in total. The molecule has 8 heteroatoms. The van der Waals surface area contributed by atoms with Gasteiger partial charge in [0.15, 0.2) is 0 Å². The highest BCUT2D eigenvalue weighted by molar-refractivity contribution is 9.10. The molecule has 2 rings (SSSR count). The third kappa shape index (κ3) is 5.12. The van der Waals surface area contributed by atoms with Crippen LogP contribution in [-0.4, -0.2) is 21.4 Å². The molecule has 0 spiro atoms. The molecule has 2 aromatic carbocycles. The Morgan fingerprint density at radius 3 is 2.38 bits per heavy atom. The van der Waals surface area contributed by atoms with Crippen molar-refractivity contribution in [1.82, 2.24) is 10.0 Å². The maximum Gasteiger partial charge on any atom is 0.254 e. The molecule has 24 heavy (non-hydrogen) atoms. The van der Waals surface area contributed by atoms with Crippen molar-refractivity contribution in [3.05, 3.63) is 69.4 Å². The summed E-state index contributed by atoms with van der Waals surface area (Å²) in [6.45, 7) is 0.212. The number of nitrogens with one attached hydrogen (secondary N) is 2. The van der Waals surface area contributed by atoms with Gasteiger partial charge in [0.25, 0.3) is 5.91 Å². The molecule has 1 amide bonds. The number of hydrogen-bond acceptors (Lipinski definition) is 3. The lowest BCUT2D eigenvalue weighted by molar-refractivity contribution is 0.0947. The molecule has 0 atom stereocenters. The first-order chi connectivity index (χ1) is 11.3. The molecule has 0 unspecified atom stereocenters. The van der Waals surface area contributed by atoms with Crippen LogP contribution in [0.4, 0.5) is 4.39 Å². The Labute approximate surface area is 148 Å². The summed E-state index contributed by atoms with van der Waals surface area (Å²) in [5.74, 6) is -1.22. The summed E-state index contributed by atoms with van der Waals surface area (Å²) >= 11 is 3.20. The van der Waals surface area contributed by atoms with Crippen LogP contribution in [0.2, 0.25) is 0 Å². The number of carbonyl (C=O) groups excluding carboxylic acids is 1. The van der Waals surface area contributed by atoms with Gasteiger partial charge in [-0.15, -0.1) is 0 Å². The summed E-state index contributed by atoms with van der Waals surface area (Å²) in [4.78, 5) is 12.0. The quantitative estimate of drug-likeness (QED) is 0.762. The van der Waals surface area contributed by atoms with Crippen molar-refractivity contribution >= 4 is 31.9 Å². The van der Waals surface area contributed by atoms with Crippen LogP contribution in [0.15, 0.2) is 46.9 Å². The molecule has 0 bridgehead atoms. The molecule has 2 aromatic rings. The fourth-order valence-corrected chi connectivity index (χ4v) is 3.13. The molecular formula is C16H16BrFN2O3S. The third-order valence-corrected chi connectivity index (χ3v) is 5.15. The molecule has 0 radical (unpaired) electrons. The lowest BCUT2D eigenvalue weighted by atomic mass is 10.1. The van der Waals surface area contributed by atoms with E-state index in [9.17, 15) is 17.6 Å². The molecule has 0 aliphatic carbocycles. The predicted molar refractivity (Wildman–Crippen MR) is 93.4 cm³/mol. The smallest absolute Gasteiger partial charge is 0.254 e. The summed E-state index contributed by atoms with van der Waals surface area (Å²) in [5.41, 5.74) is 1.38. The van der Waals surface area contributed by atoms with E-state index in [1.807, 2.05) is 0 Å². The van der Waals surface area contributed by atoms with Gasteiger partial charge in [-0.2, -0.15) is 0 Å². The van der Waals surface area contributed by atoms with Gasteiger partial charge >= 0.3 is 0 Å². The van der Waals surface area contributed by atoms with Crippen molar-refractivity contribution in [1.29, 1.82) is 0 Å². The summed E-state index contributed by atoms with van der Waals surface area (Å²) in [6.07, 6.45) is 0. The minimum absolute atomic E-state index is 0.0406. The highest BCUT2D eigenvalue weighted by Crippen LogP contribution is 2.15. The van der Waals surface area contributed by atoms with Crippen molar-refractivity contribution in [3.8, 4) is 0 Å². The Morgan fingerprint density at radius 2 is 1.75 bits per heavy atom. The number of sulfonamides is 1. The Hall–Kier alpha value is -1.77. The Balaban J connectivity index is 1.99. The standard InChI is InChI=1S/C16H16BrFN2O3S/c1-19-24(22,23)10-12-4-2-11(3-5-12)9-20-16(21)14-8-13(17)6-7-15(14)18/h2-8,19H,9-10H2,1H3,(H,20,21). The van der Waals surface area contributed by atoms with E-state index in [-0.39, 0.29) is 17.9 Å². The molecule has 0 aromatic heterocycles. The number of carbonyl (C=O) groups is 1. The van der Waals surface area contributed by atoms with E-state index in [0.29, 0.717) is 10.0 Å². The van der Waals surface area contributed by atoms with E-state index < -0.39 is 21.7 Å². The van der Waals surface area contributed by atoms with Crippen molar-refractivity contribution in [3.63, 3.8) is 0 Å². The number of halogens is 2. The van der Waals surface area contributed by atoms with E-state index in [1.165, 1.54) is 25.2 Å². The number of benzene rings is 2. The Kier molecular flexibility index (Phi) is 6.09. The van der Waals surface area contributed by atoms with Crippen molar-refractivity contribution in [2.24, 2.45) is 0 Å². The van der Waals surface area contributed by atoms with E-state index >= 15 is 0 Å². The second-order valence-electron chi connectivity index (χ2n) is 5.09. The summed E-state index contributed by atoms with van der Waals surface area (Å²) in [7, 11) is -1.96. The molecule has 0 aliphatic heterocycles. The largest absolute Gasteiger partial charge is 0.348 e. The summed E-state index contributed by atoms with van der Waals surface area (Å²) in [6, 6.07) is 10.9. The van der Waals surface area contributed by atoms with Crippen LogP contribution < -0.4 is 10.0 Å². The molecule has 0 fully saturated rings. The van der Waals surface area contributed by atoms with Crippen molar-refractivity contribution in [2.45, 2.75) is 12.3 Å². The van der Waals surface area contributed by atoms with E-state index in [1.54, 1.807) is 24.3 Å². The van der Waals surface area contributed by atoms with Crippen molar-refractivity contribution in [2.75, 3.05) is 7.05 Å². The summed E-state index contributed by atoms with van der Waals surface area (Å²) in [5, 5.41) is 2.63. The maximum atomic E-state index is 13.6. The minimum Gasteiger partial charge on any atom is -0.348 e. The highest BCUT2D eigenvalue weighted by atomic mass is 79.9. The second kappa shape index (κ2) is 7.87. The third-order valence-electron chi connectivity index (χ3n) is 3.32.